The molecule has 2 rings (SSSR count). The number of carbonyl (C=O) groups excluding carboxylic acids is 2. The van der Waals surface area contributed by atoms with Crippen LogP contribution in [-0.2, 0) is 20.9 Å². The van der Waals surface area contributed by atoms with Crippen molar-refractivity contribution in [3.05, 3.63) is 35.9 Å². The van der Waals surface area contributed by atoms with E-state index in [9.17, 15) is 9.59 Å². The minimum Gasteiger partial charge on any atom is -0.464 e. The zero-order valence-corrected chi connectivity index (χ0v) is 16.2. The smallest absolute Gasteiger partial charge is 0.411 e. The average Bonchev–Trinajstić information content (AvgIpc) is 2.83. The van der Waals surface area contributed by atoms with E-state index in [0.29, 0.717) is 26.0 Å². The number of rotatable bonds is 6. The number of likely N-dealkylation sites (tertiary alicyclic amines) is 1. The summed E-state index contributed by atoms with van der Waals surface area (Å²) < 4.78 is 11.0. The van der Waals surface area contributed by atoms with Crippen LogP contribution in [0.3, 0.4) is 0 Å². The molecule has 0 radical (unpaired) electrons. The van der Waals surface area contributed by atoms with Gasteiger partial charge in [-0.05, 0) is 37.7 Å². The molecule has 0 bridgehead atoms. The summed E-state index contributed by atoms with van der Waals surface area (Å²) >= 11 is 0. The van der Waals surface area contributed by atoms with Gasteiger partial charge in [0.15, 0.2) is 0 Å². The predicted octanol–water partition coefficient (Wildman–Crippen LogP) is 4.55. The Kier molecular flexibility index (Phi) is 7.49. The largest absolute Gasteiger partial charge is 0.464 e. The van der Waals surface area contributed by atoms with Crippen LogP contribution in [0.15, 0.2) is 30.3 Å². The second kappa shape index (κ2) is 9.60. The van der Waals surface area contributed by atoms with Gasteiger partial charge in [-0.15, -0.1) is 0 Å². The highest BCUT2D eigenvalue weighted by atomic mass is 16.6. The molecular formula is C21H31NO4. The Morgan fingerprint density at radius 3 is 2.50 bits per heavy atom. The Morgan fingerprint density at radius 1 is 1.12 bits per heavy atom. The van der Waals surface area contributed by atoms with E-state index in [1.165, 1.54) is 0 Å². The molecule has 26 heavy (non-hydrogen) atoms. The molecular weight excluding hydrogens is 330 g/mol. The molecule has 1 aromatic carbocycles. The number of carbonyl (C=O) groups is 2. The van der Waals surface area contributed by atoms with E-state index in [1.54, 1.807) is 11.8 Å². The summed E-state index contributed by atoms with van der Waals surface area (Å²) in [5, 5.41) is 0. The fourth-order valence-electron chi connectivity index (χ4n) is 3.73. The third-order valence-electron chi connectivity index (χ3n) is 4.82. The van der Waals surface area contributed by atoms with Crippen molar-refractivity contribution in [1.29, 1.82) is 0 Å². The Morgan fingerprint density at radius 2 is 1.85 bits per heavy atom. The molecule has 1 amide bonds. The SMILES string of the molecule is CCOC(=O)[C@@]1(CC(C)C)CCCCCN1C(=O)OCc1ccccc1. The maximum Gasteiger partial charge on any atom is 0.411 e. The topological polar surface area (TPSA) is 55.8 Å². The van der Waals surface area contributed by atoms with Crippen molar-refractivity contribution in [1.82, 2.24) is 4.90 Å². The summed E-state index contributed by atoms with van der Waals surface area (Å²) in [5.41, 5.74) is 0.00955. The third-order valence-corrected chi connectivity index (χ3v) is 4.82. The van der Waals surface area contributed by atoms with Crippen LogP contribution in [0.1, 0.15) is 58.4 Å². The van der Waals surface area contributed by atoms with Gasteiger partial charge in [-0.1, -0.05) is 57.0 Å². The Balaban J connectivity index is 2.23. The number of hydrogen-bond acceptors (Lipinski definition) is 4. The molecule has 1 fully saturated rings. The molecule has 144 valence electrons. The van der Waals surface area contributed by atoms with Crippen LogP contribution < -0.4 is 0 Å². The quantitative estimate of drug-likeness (QED) is 0.698. The summed E-state index contributed by atoms with van der Waals surface area (Å²) in [6.07, 6.45) is 3.58. The molecule has 1 atom stereocenters. The first-order chi connectivity index (χ1) is 12.5. The van der Waals surface area contributed by atoms with Gasteiger partial charge in [-0.2, -0.15) is 0 Å². The maximum atomic E-state index is 12.9. The van der Waals surface area contributed by atoms with Gasteiger partial charge < -0.3 is 9.47 Å². The number of ether oxygens (including phenoxy) is 2. The number of esters is 1. The first-order valence-electron chi connectivity index (χ1n) is 9.65. The van der Waals surface area contributed by atoms with Gasteiger partial charge in [-0.25, -0.2) is 9.59 Å². The number of nitrogens with zero attached hydrogens (tertiary/aromatic N) is 1. The van der Waals surface area contributed by atoms with Crippen molar-refractivity contribution < 1.29 is 19.1 Å². The maximum absolute atomic E-state index is 12.9. The molecule has 1 aromatic rings. The van der Waals surface area contributed by atoms with Crippen LogP contribution in [0.2, 0.25) is 0 Å². The molecule has 0 spiro atoms. The second-order valence-electron chi connectivity index (χ2n) is 7.35. The number of amides is 1. The lowest BCUT2D eigenvalue weighted by Gasteiger charge is -2.41. The number of benzene rings is 1. The molecule has 0 N–H and O–H groups in total. The van der Waals surface area contributed by atoms with E-state index in [1.807, 2.05) is 30.3 Å². The molecule has 1 aliphatic heterocycles. The number of hydrogen-bond donors (Lipinski definition) is 0. The summed E-state index contributed by atoms with van der Waals surface area (Å²) in [7, 11) is 0. The molecule has 1 saturated heterocycles. The van der Waals surface area contributed by atoms with Crippen molar-refractivity contribution in [2.75, 3.05) is 13.2 Å². The minimum absolute atomic E-state index is 0.205. The van der Waals surface area contributed by atoms with E-state index in [-0.39, 0.29) is 18.5 Å². The molecule has 1 aliphatic rings. The zero-order chi connectivity index (χ0) is 19.0. The fourth-order valence-corrected chi connectivity index (χ4v) is 3.73. The van der Waals surface area contributed by atoms with Crippen molar-refractivity contribution in [2.24, 2.45) is 5.92 Å². The normalized spacial score (nSPS) is 20.5. The molecule has 0 aromatic heterocycles. The van der Waals surface area contributed by atoms with Crippen molar-refractivity contribution in [3.8, 4) is 0 Å². The highest BCUT2D eigenvalue weighted by molar-refractivity contribution is 5.86. The summed E-state index contributed by atoms with van der Waals surface area (Å²) in [6, 6.07) is 9.59. The van der Waals surface area contributed by atoms with Gasteiger partial charge in [0.25, 0.3) is 0 Å². The molecule has 5 nitrogen and oxygen atoms in total. The molecule has 5 heteroatoms. The van der Waals surface area contributed by atoms with Gasteiger partial charge >= 0.3 is 12.1 Å². The Labute approximate surface area is 156 Å². The van der Waals surface area contributed by atoms with E-state index >= 15 is 0 Å². The summed E-state index contributed by atoms with van der Waals surface area (Å²) in [4.78, 5) is 27.5. The highest BCUT2D eigenvalue weighted by Crippen LogP contribution is 2.35. The lowest BCUT2D eigenvalue weighted by atomic mass is 9.83. The van der Waals surface area contributed by atoms with Gasteiger partial charge in [0.1, 0.15) is 12.1 Å². The van der Waals surface area contributed by atoms with Gasteiger partial charge in [-0.3, -0.25) is 4.90 Å². The van der Waals surface area contributed by atoms with Gasteiger partial charge in [0.2, 0.25) is 0 Å². The highest BCUT2D eigenvalue weighted by Gasteiger charge is 2.49. The molecule has 0 saturated carbocycles. The molecule has 0 unspecified atom stereocenters. The summed E-state index contributed by atoms with van der Waals surface area (Å²) in [5.74, 6) is -0.0332. The first-order valence-corrected chi connectivity index (χ1v) is 9.65. The fraction of sp³-hybridized carbons (Fsp3) is 0.619. The van der Waals surface area contributed by atoms with E-state index in [4.69, 9.17) is 9.47 Å². The standard InChI is InChI=1S/C21H31NO4/c1-4-25-19(23)21(15-17(2)3)13-9-6-10-14-22(21)20(24)26-16-18-11-7-5-8-12-18/h5,7-8,11-12,17H,4,6,9-10,13-16H2,1-3H3/t21-/m0/s1. The molecule has 1 heterocycles. The average molecular weight is 361 g/mol. The van der Waals surface area contributed by atoms with E-state index < -0.39 is 11.6 Å². The van der Waals surface area contributed by atoms with Crippen molar-refractivity contribution >= 4 is 12.1 Å². The lowest BCUT2D eigenvalue weighted by Crippen LogP contribution is -2.58. The van der Waals surface area contributed by atoms with Gasteiger partial charge in [0, 0.05) is 6.54 Å². The van der Waals surface area contributed by atoms with Crippen LogP contribution in [0, 0.1) is 5.92 Å². The summed E-state index contributed by atoms with van der Waals surface area (Å²) in [6.45, 7) is 6.98. The Bertz CT molecular complexity index is 587. The van der Waals surface area contributed by atoms with Crippen LogP contribution in [-0.4, -0.2) is 35.7 Å². The van der Waals surface area contributed by atoms with Crippen molar-refractivity contribution in [2.45, 2.75) is 65.0 Å². The third kappa shape index (κ3) is 4.99. The lowest BCUT2D eigenvalue weighted by molar-refractivity contribution is -0.158. The van der Waals surface area contributed by atoms with Crippen molar-refractivity contribution in [3.63, 3.8) is 0 Å². The van der Waals surface area contributed by atoms with Crippen LogP contribution in [0.4, 0.5) is 4.79 Å². The monoisotopic (exact) mass is 361 g/mol. The Hall–Kier alpha value is -2.04. The predicted molar refractivity (Wildman–Crippen MR) is 101 cm³/mol. The minimum atomic E-state index is -0.922. The molecule has 0 aliphatic carbocycles. The zero-order valence-electron chi connectivity index (χ0n) is 16.2. The van der Waals surface area contributed by atoms with E-state index in [2.05, 4.69) is 13.8 Å². The second-order valence-corrected chi connectivity index (χ2v) is 7.35. The van der Waals surface area contributed by atoms with E-state index in [0.717, 1.165) is 24.8 Å². The van der Waals surface area contributed by atoms with Crippen LogP contribution in [0.5, 0.6) is 0 Å². The van der Waals surface area contributed by atoms with Crippen LogP contribution in [0.25, 0.3) is 0 Å². The van der Waals surface area contributed by atoms with Gasteiger partial charge in [0.05, 0.1) is 6.61 Å². The first kappa shape index (κ1) is 20.3. The van der Waals surface area contributed by atoms with Crippen LogP contribution >= 0.6 is 0 Å².